The lowest BCUT2D eigenvalue weighted by Crippen LogP contribution is -2.43. The Labute approximate surface area is 91.0 Å². The summed E-state index contributed by atoms with van der Waals surface area (Å²) in [6.07, 6.45) is 4.25. The molecule has 0 spiro atoms. The Balaban J connectivity index is 2.42. The standard InChI is InChI=1S/C13H17NO/c1-9-6-11-4-3-5-12(15)13(11,8-14)7-10(9)2/h11H,3-7H2,1-2H3/t11-,13-/m1/s1. The van der Waals surface area contributed by atoms with Gasteiger partial charge in [0.1, 0.15) is 5.41 Å². The van der Waals surface area contributed by atoms with Crippen LogP contribution in [0.4, 0.5) is 0 Å². The second-order valence-electron chi connectivity index (χ2n) is 5.04. The van der Waals surface area contributed by atoms with E-state index in [0.717, 1.165) is 19.3 Å². The van der Waals surface area contributed by atoms with Gasteiger partial charge in [-0.2, -0.15) is 5.26 Å². The fourth-order valence-corrected chi connectivity index (χ4v) is 3.03. The van der Waals surface area contributed by atoms with Gasteiger partial charge >= 0.3 is 0 Å². The van der Waals surface area contributed by atoms with E-state index in [1.54, 1.807) is 0 Å². The zero-order valence-corrected chi connectivity index (χ0v) is 9.47. The molecule has 0 amide bonds. The number of Topliss-reactive ketones (excluding diaryl/α,β-unsaturated/α-hetero) is 1. The first-order valence-electron chi connectivity index (χ1n) is 5.70. The fraction of sp³-hybridized carbons (Fsp3) is 0.692. The molecule has 0 unspecified atom stereocenters. The number of ketones is 1. The van der Waals surface area contributed by atoms with Gasteiger partial charge in [-0.3, -0.25) is 4.79 Å². The number of fused-ring (bicyclic) bond motifs is 1. The van der Waals surface area contributed by atoms with Crippen LogP contribution in [0.5, 0.6) is 0 Å². The monoisotopic (exact) mass is 203 g/mol. The molecule has 0 aromatic rings. The Morgan fingerprint density at radius 1 is 1.40 bits per heavy atom. The molecule has 2 nitrogen and oxygen atoms in total. The third-order valence-electron chi connectivity index (χ3n) is 4.18. The minimum atomic E-state index is -0.665. The smallest absolute Gasteiger partial charge is 0.153 e. The van der Waals surface area contributed by atoms with E-state index in [1.807, 2.05) is 0 Å². The van der Waals surface area contributed by atoms with E-state index in [4.69, 9.17) is 0 Å². The van der Waals surface area contributed by atoms with Crippen molar-refractivity contribution in [2.45, 2.75) is 46.0 Å². The Bertz CT molecular complexity index is 374. The summed E-state index contributed by atoms with van der Waals surface area (Å²) in [5.41, 5.74) is 1.98. The molecule has 0 aromatic carbocycles. The molecule has 1 fully saturated rings. The quantitative estimate of drug-likeness (QED) is 0.568. The number of carbonyl (C=O) groups is 1. The molecule has 80 valence electrons. The van der Waals surface area contributed by atoms with Gasteiger partial charge in [0.15, 0.2) is 5.78 Å². The molecular formula is C13H17NO. The molecule has 2 atom stereocenters. The zero-order chi connectivity index (χ0) is 11.1. The molecule has 2 aliphatic carbocycles. The maximum absolute atomic E-state index is 12.0. The van der Waals surface area contributed by atoms with Crippen LogP contribution in [-0.4, -0.2) is 5.78 Å². The molecule has 0 aliphatic heterocycles. The Morgan fingerprint density at radius 2 is 2.13 bits per heavy atom. The summed E-state index contributed by atoms with van der Waals surface area (Å²) in [6, 6.07) is 2.34. The molecule has 2 rings (SSSR count). The number of rotatable bonds is 0. The highest BCUT2D eigenvalue weighted by molar-refractivity contribution is 5.89. The predicted octanol–water partition coefficient (Wildman–Crippen LogP) is 3.00. The van der Waals surface area contributed by atoms with Gasteiger partial charge in [0, 0.05) is 6.42 Å². The summed E-state index contributed by atoms with van der Waals surface area (Å²) in [7, 11) is 0. The van der Waals surface area contributed by atoms with Crippen LogP contribution in [0.15, 0.2) is 11.1 Å². The topological polar surface area (TPSA) is 40.9 Å². The first-order valence-corrected chi connectivity index (χ1v) is 5.70. The van der Waals surface area contributed by atoms with Crippen molar-refractivity contribution in [1.29, 1.82) is 5.26 Å². The largest absolute Gasteiger partial charge is 0.298 e. The molecule has 0 saturated heterocycles. The van der Waals surface area contributed by atoms with E-state index in [2.05, 4.69) is 19.9 Å². The summed E-state index contributed by atoms with van der Waals surface area (Å²) in [5.74, 6) is 0.473. The zero-order valence-electron chi connectivity index (χ0n) is 9.47. The average Bonchev–Trinajstić information content (AvgIpc) is 2.22. The number of allylic oxidation sites excluding steroid dienone is 2. The van der Waals surface area contributed by atoms with E-state index < -0.39 is 5.41 Å². The van der Waals surface area contributed by atoms with E-state index in [0.29, 0.717) is 12.8 Å². The van der Waals surface area contributed by atoms with Crippen LogP contribution in [-0.2, 0) is 4.79 Å². The van der Waals surface area contributed by atoms with Crippen molar-refractivity contribution in [3.63, 3.8) is 0 Å². The molecule has 1 saturated carbocycles. The van der Waals surface area contributed by atoms with Crippen molar-refractivity contribution in [3.05, 3.63) is 11.1 Å². The van der Waals surface area contributed by atoms with Gasteiger partial charge in [-0.15, -0.1) is 0 Å². The number of nitrogens with zero attached hydrogens (tertiary/aromatic N) is 1. The molecule has 15 heavy (non-hydrogen) atoms. The Hall–Kier alpha value is -1.10. The van der Waals surface area contributed by atoms with Gasteiger partial charge in [0.2, 0.25) is 0 Å². The third kappa shape index (κ3) is 1.42. The third-order valence-corrected chi connectivity index (χ3v) is 4.18. The van der Waals surface area contributed by atoms with Gasteiger partial charge in [0.05, 0.1) is 6.07 Å². The van der Waals surface area contributed by atoms with Gasteiger partial charge in [-0.05, 0) is 45.4 Å². The lowest BCUT2D eigenvalue weighted by atomic mass is 9.58. The number of hydrogen-bond donors (Lipinski definition) is 0. The van der Waals surface area contributed by atoms with Gasteiger partial charge in [-0.25, -0.2) is 0 Å². The van der Waals surface area contributed by atoms with Crippen LogP contribution in [0, 0.1) is 22.7 Å². The summed E-state index contributed by atoms with van der Waals surface area (Å²) < 4.78 is 0. The Kier molecular flexibility index (Phi) is 2.42. The van der Waals surface area contributed by atoms with Crippen molar-refractivity contribution in [1.82, 2.24) is 0 Å². The number of nitriles is 1. The molecule has 0 radical (unpaired) electrons. The summed E-state index contributed by atoms with van der Waals surface area (Å²) in [4.78, 5) is 12.0. The molecule has 0 aromatic heterocycles. The second-order valence-corrected chi connectivity index (χ2v) is 5.04. The minimum absolute atomic E-state index is 0.188. The lowest BCUT2D eigenvalue weighted by molar-refractivity contribution is -0.131. The van der Waals surface area contributed by atoms with Crippen LogP contribution < -0.4 is 0 Å². The molecule has 0 heterocycles. The van der Waals surface area contributed by atoms with Crippen LogP contribution in [0.2, 0.25) is 0 Å². The minimum Gasteiger partial charge on any atom is -0.298 e. The summed E-state index contributed by atoms with van der Waals surface area (Å²) >= 11 is 0. The predicted molar refractivity (Wildman–Crippen MR) is 58.0 cm³/mol. The fourth-order valence-electron chi connectivity index (χ4n) is 3.03. The van der Waals surface area contributed by atoms with Crippen LogP contribution in [0.1, 0.15) is 46.0 Å². The van der Waals surface area contributed by atoms with Crippen LogP contribution >= 0.6 is 0 Å². The Morgan fingerprint density at radius 3 is 2.80 bits per heavy atom. The van der Waals surface area contributed by atoms with Crippen LogP contribution in [0.25, 0.3) is 0 Å². The SMILES string of the molecule is CC1=C(C)C[C@]2(C#N)C(=O)CCC[C@@H]2C1. The first-order chi connectivity index (χ1) is 7.10. The van der Waals surface area contributed by atoms with E-state index in [-0.39, 0.29) is 11.7 Å². The van der Waals surface area contributed by atoms with Gasteiger partial charge in [0.25, 0.3) is 0 Å². The molecule has 0 N–H and O–H groups in total. The maximum Gasteiger partial charge on any atom is 0.153 e. The van der Waals surface area contributed by atoms with E-state index in [1.165, 1.54) is 11.1 Å². The van der Waals surface area contributed by atoms with Crippen molar-refractivity contribution >= 4 is 5.78 Å². The summed E-state index contributed by atoms with van der Waals surface area (Å²) in [6.45, 7) is 4.20. The van der Waals surface area contributed by atoms with Crippen LogP contribution in [0.3, 0.4) is 0 Å². The highest BCUT2D eigenvalue weighted by Crippen LogP contribution is 2.49. The summed E-state index contributed by atoms with van der Waals surface area (Å²) in [5, 5.41) is 9.36. The number of carbonyl (C=O) groups excluding carboxylic acids is 1. The van der Waals surface area contributed by atoms with Crippen molar-refractivity contribution in [3.8, 4) is 6.07 Å². The molecule has 2 aliphatic rings. The van der Waals surface area contributed by atoms with E-state index in [9.17, 15) is 10.1 Å². The molecule has 2 heteroatoms. The average molecular weight is 203 g/mol. The van der Waals surface area contributed by atoms with Crippen molar-refractivity contribution in [2.75, 3.05) is 0 Å². The number of hydrogen-bond acceptors (Lipinski definition) is 2. The normalized spacial score (nSPS) is 36.1. The lowest BCUT2D eigenvalue weighted by Gasteiger charge is -2.41. The highest BCUT2D eigenvalue weighted by Gasteiger charge is 2.49. The molecule has 0 bridgehead atoms. The van der Waals surface area contributed by atoms with Crippen molar-refractivity contribution in [2.24, 2.45) is 11.3 Å². The van der Waals surface area contributed by atoms with Crippen molar-refractivity contribution < 1.29 is 4.79 Å². The van der Waals surface area contributed by atoms with Gasteiger partial charge < -0.3 is 0 Å². The maximum atomic E-state index is 12.0. The van der Waals surface area contributed by atoms with E-state index >= 15 is 0 Å². The second kappa shape index (κ2) is 3.48. The van der Waals surface area contributed by atoms with Gasteiger partial charge in [-0.1, -0.05) is 11.1 Å². The molecular weight excluding hydrogens is 186 g/mol. The first kappa shape index (κ1) is 10.4. The highest BCUT2D eigenvalue weighted by atomic mass is 16.1.